The van der Waals surface area contributed by atoms with Gasteiger partial charge >= 0.3 is 5.97 Å². The summed E-state index contributed by atoms with van der Waals surface area (Å²) in [6.07, 6.45) is 7.56. The number of carboxylic acids is 1. The van der Waals surface area contributed by atoms with Crippen molar-refractivity contribution < 1.29 is 18.7 Å². The number of hydrogen-bond donors (Lipinski definition) is 1. The van der Waals surface area contributed by atoms with E-state index < -0.39 is 17.6 Å². The molecule has 0 aliphatic heterocycles. The summed E-state index contributed by atoms with van der Waals surface area (Å²) in [7, 11) is 0. The van der Waals surface area contributed by atoms with Gasteiger partial charge in [-0.2, -0.15) is 0 Å². The molecule has 2 rings (SSSR count). The second kappa shape index (κ2) is 11.5. The standard InChI is InChI=1S/C25H30F2O2/c1-3-5-6-7-8-10-18-11-13-19(14-12-18)22-17-20(15-16-21(22)25(28)29)24(27)23(26)9-4-2/h11-17H,3-10H2,1-2H3,(H,28,29)/b24-23+. The highest BCUT2D eigenvalue weighted by atomic mass is 19.2. The molecule has 0 aliphatic rings. The van der Waals surface area contributed by atoms with Crippen molar-refractivity contribution in [2.45, 2.75) is 65.2 Å². The smallest absolute Gasteiger partial charge is 0.336 e. The lowest BCUT2D eigenvalue weighted by atomic mass is 9.95. The summed E-state index contributed by atoms with van der Waals surface area (Å²) in [6.45, 7) is 3.97. The third kappa shape index (κ3) is 6.52. The second-order valence-electron chi connectivity index (χ2n) is 7.40. The highest BCUT2D eigenvalue weighted by molar-refractivity contribution is 5.96. The molecule has 0 saturated heterocycles. The lowest BCUT2D eigenvalue weighted by molar-refractivity contribution is 0.0697. The van der Waals surface area contributed by atoms with Crippen LogP contribution in [0.25, 0.3) is 17.0 Å². The van der Waals surface area contributed by atoms with Crippen molar-refractivity contribution in [3.8, 4) is 11.1 Å². The fourth-order valence-corrected chi connectivity index (χ4v) is 3.38. The largest absolute Gasteiger partial charge is 0.478 e. The Morgan fingerprint density at radius 2 is 1.59 bits per heavy atom. The summed E-state index contributed by atoms with van der Waals surface area (Å²) < 4.78 is 28.3. The van der Waals surface area contributed by atoms with Crippen molar-refractivity contribution in [3.63, 3.8) is 0 Å². The molecule has 0 radical (unpaired) electrons. The van der Waals surface area contributed by atoms with Gasteiger partial charge in [-0.1, -0.05) is 69.9 Å². The van der Waals surface area contributed by atoms with Crippen LogP contribution in [0.5, 0.6) is 0 Å². The van der Waals surface area contributed by atoms with E-state index in [1.165, 1.54) is 49.4 Å². The molecule has 0 atom stereocenters. The molecule has 2 aromatic carbocycles. The van der Waals surface area contributed by atoms with Gasteiger partial charge in [-0.25, -0.2) is 13.6 Å². The molecule has 0 bridgehead atoms. The van der Waals surface area contributed by atoms with Crippen LogP contribution in [0.3, 0.4) is 0 Å². The predicted molar refractivity (Wildman–Crippen MR) is 115 cm³/mol. The van der Waals surface area contributed by atoms with Crippen LogP contribution in [0.4, 0.5) is 8.78 Å². The number of benzene rings is 2. The molecular formula is C25H30F2O2. The van der Waals surface area contributed by atoms with Crippen LogP contribution in [-0.4, -0.2) is 11.1 Å². The van der Waals surface area contributed by atoms with Crippen LogP contribution in [0, 0.1) is 0 Å². The number of allylic oxidation sites excluding steroid dienone is 1. The molecule has 0 spiro atoms. The molecule has 0 aliphatic carbocycles. The molecule has 2 nitrogen and oxygen atoms in total. The van der Waals surface area contributed by atoms with Gasteiger partial charge < -0.3 is 5.11 Å². The van der Waals surface area contributed by atoms with Gasteiger partial charge in [-0.05, 0) is 48.1 Å². The van der Waals surface area contributed by atoms with Gasteiger partial charge in [0.05, 0.1) is 5.56 Å². The molecule has 0 fully saturated rings. The van der Waals surface area contributed by atoms with E-state index in [2.05, 4.69) is 6.92 Å². The van der Waals surface area contributed by atoms with E-state index >= 15 is 0 Å². The summed E-state index contributed by atoms with van der Waals surface area (Å²) in [5.41, 5.74) is 2.41. The fourth-order valence-electron chi connectivity index (χ4n) is 3.38. The Morgan fingerprint density at radius 3 is 2.21 bits per heavy atom. The lowest BCUT2D eigenvalue weighted by Crippen LogP contribution is -2.00. The van der Waals surface area contributed by atoms with Crippen LogP contribution >= 0.6 is 0 Å². The monoisotopic (exact) mass is 400 g/mol. The number of hydrogen-bond acceptors (Lipinski definition) is 1. The van der Waals surface area contributed by atoms with Crippen LogP contribution < -0.4 is 0 Å². The normalized spacial score (nSPS) is 12.0. The summed E-state index contributed by atoms with van der Waals surface area (Å²) in [5.74, 6) is -2.82. The highest BCUT2D eigenvalue weighted by Gasteiger charge is 2.16. The Bertz CT molecular complexity index is 838. The van der Waals surface area contributed by atoms with Crippen LogP contribution in [-0.2, 0) is 6.42 Å². The van der Waals surface area contributed by atoms with Gasteiger partial charge in [0.25, 0.3) is 0 Å². The first-order valence-corrected chi connectivity index (χ1v) is 10.5. The van der Waals surface area contributed by atoms with Gasteiger partial charge in [0.1, 0.15) is 5.83 Å². The Balaban J connectivity index is 2.26. The van der Waals surface area contributed by atoms with Gasteiger partial charge in [0.15, 0.2) is 5.83 Å². The summed E-state index contributed by atoms with van der Waals surface area (Å²) in [5, 5.41) is 9.51. The molecular weight excluding hydrogens is 370 g/mol. The van der Waals surface area contributed by atoms with Gasteiger partial charge in [0.2, 0.25) is 0 Å². The van der Waals surface area contributed by atoms with Crippen molar-refractivity contribution in [1.29, 1.82) is 0 Å². The van der Waals surface area contributed by atoms with Crippen LogP contribution in [0.2, 0.25) is 0 Å². The Kier molecular flexibility index (Phi) is 9.04. The van der Waals surface area contributed by atoms with Gasteiger partial charge in [-0.15, -0.1) is 0 Å². The van der Waals surface area contributed by atoms with E-state index in [-0.39, 0.29) is 17.5 Å². The van der Waals surface area contributed by atoms with E-state index in [0.717, 1.165) is 12.8 Å². The molecule has 0 amide bonds. The SMILES string of the molecule is CCCCCCCc1ccc(-c2cc(/C(F)=C(\F)CCC)ccc2C(=O)O)cc1. The topological polar surface area (TPSA) is 37.3 Å². The number of unbranched alkanes of at least 4 members (excludes halogenated alkanes) is 4. The van der Waals surface area contributed by atoms with Crippen molar-refractivity contribution in [2.75, 3.05) is 0 Å². The molecule has 29 heavy (non-hydrogen) atoms. The van der Waals surface area contributed by atoms with E-state index in [1.807, 2.05) is 24.3 Å². The predicted octanol–water partition coefficient (Wildman–Crippen LogP) is 7.97. The van der Waals surface area contributed by atoms with Crippen molar-refractivity contribution in [1.82, 2.24) is 0 Å². The number of carboxylic acid groups (broad SMARTS) is 1. The number of rotatable bonds is 11. The first-order valence-electron chi connectivity index (χ1n) is 10.5. The van der Waals surface area contributed by atoms with E-state index in [0.29, 0.717) is 17.5 Å². The van der Waals surface area contributed by atoms with Gasteiger partial charge in [0, 0.05) is 12.0 Å². The lowest BCUT2D eigenvalue weighted by Gasteiger charge is -2.10. The maximum absolute atomic E-state index is 14.4. The van der Waals surface area contributed by atoms with E-state index in [9.17, 15) is 18.7 Å². The van der Waals surface area contributed by atoms with Crippen molar-refractivity contribution >= 4 is 11.8 Å². The minimum atomic E-state index is -1.09. The zero-order valence-corrected chi connectivity index (χ0v) is 17.3. The Hall–Kier alpha value is -2.49. The number of carbonyl (C=O) groups is 1. The summed E-state index contributed by atoms with van der Waals surface area (Å²) >= 11 is 0. The summed E-state index contributed by atoms with van der Waals surface area (Å²) in [6, 6.07) is 11.8. The zero-order valence-electron chi connectivity index (χ0n) is 17.3. The third-order valence-corrected chi connectivity index (χ3v) is 5.05. The maximum atomic E-state index is 14.4. The third-order valence-electron chi connectivity index (χ3n) is 5.05. The van der Waals surface area contributed by atoms with Crippen molar-refractivity contribution in [2.24, 2.45) is 0 Å². The first kappa shape index (κ1) is 22.8. The van der Waals surface area contributed by atoms with E-state index in [4.69, 9.17) is 0 Å². The molecule has 2 aromatic rings. The molecule has 156 valence electrons. The average molecular weight is 401 g/mol. The number of aryl methyl sites for hydroxylation is 1. The van der Waals surface area contributed by atoms with Crippen molar-refractivity contribution in [3.05, 3.63) is 65.0 Å². The van der Waals surface area contributed by atoms with Crippen LogP contribution in [0.15, 0.2) is 48.3 Å². The van der Waals surface area contributed by atoms with Gasteiger partial charge in [-0.3, -0.25) is 0 Å². The number of halogens is 2. The fraction of sp³-hybridized carbons (Fsp3) is 0.400. The second-order valence-corrected chi connectivity index (χ2v) is 7.40. The molecule has 1 N–H and O–H groups in total. The minimum Gasteiger partial charge on any atom is -0.478 e. The molecule has 0 saturated carbocycles. The van der Waals surface area contributed by atoms with Crippen LogP contribution in [0.1, 0.15) is 80.3 Å². The Labute approximate surface area is 172 Å². The maximum Gasteiger partial charge on any atom is 0.336 e. The number of aromatic carboxylic acids is 1. The molecule has 0 heterocycles. The zero-order chi connectivity index (χ0) is 21.2. The Morgan fingerprint density at radius 1 is 0.897 bits per heavy atom. The minimum absolute atomic E-state index is 0.0226. The first-order chi connectivity index (χ1) is 14.0. The van der Waals surface area contributed by atoms with E-state index in [1.54, 1.807) is 6.92 Å². The molecule has 0 aromatic heterocycles. The summed E-state index contributed by atoms with van der Waals surface area (Å²) in [4.78, 5) is 11.6. The average Bonchev–Trinajstić information content (AvgIpc) is 2.73. The molecule has 4 heteroatoms. The molecule has 0 unspecified atom stereocenters. The quantitative estimate of drug-likeness (QED) is 0.388. The highest BCUT2D eigenvalue weighted by Crippen LogP contribution is 2.31.